The van der Waals surface area contributed by atoms with Crippen molar-refractivity contribution in [2.24, 2.45) is 0 Å². The van der Waals surface area contributed by atoms with Crippen molar-refractivity contribution in [1.29, 1.82) is 0 Å². The molecule has 25 heavy (non-hydrogen) atoms. The van der Waals surface area contributed by atoms with Crippen molar-refractivity contribution in [3.8, 4) is 17.2 Å². The van der Waals surface area contributed by atoms with E-state index in [0.717, 1.165) is 10.0 Å². The second-order valence-corrected chi connectivity index (χ2v) is 6.02. The maximum atomic E-state index is 12.0. The van der Waals surface area contributed by atoms with Gasteiger partial charge in [-0.25, -0.2) is 4.79 Å². The molecule has 0 spiro atoms. The Morgan fingerprint density at radius 1 is 0.960 bits per heavy atom. The molecule has 2 rings (SSSR count). The summed E-state index contributed by atoms with van der Waals surface area (Å²) >= 11 is 3.39. The predicted octanol–water partition coefficient (Wildman–Crippen LogP) is 3.84. The Kier molecular flexibility index (Phi) is 6.94. The maximum Gasteiger partial charge on any atom is 0.319 e. The van der Waals surface area contributed by atoms with Crippen LogP contribution in [0.5, 0.6) is 17.2 Å². The van der Waals surface area contributed by atoms with E-state index in [0.29, 0.717) is 35.9 Å². The number of anilines is 1. The third-order valence-corrected chi connectivity index (χ3v) is 4.18. The van der Waals surface area contributed by atoms with Gasteiger partial charge in [0.1, 0.15) is 5.75 Å². The largest absolute Gasteiger partial charge is 0.496 e. The molecule has 0 aliphatic rings. The Morgan fingerprint density at radius 3 is 2.28 bits per heavy atom. The lowest BCUT2D eigenvalue weighted by Crippen LogP contribution is -2.30. The minimum Gasteiger partial charge on any atom is -0.496 e. The van der Waals surface area contributed by atoms with Crippen molar-refractivity contribution in [3.63, 3.8) is 0 Å². The first-order chi connectivity index (χ1) is 12.1. The van der Waals surface area contributed by atoms with Crippen LogP contribution in [0, 0.1) is 0 Å². The first kappa shape index (κ1) is 18.9. The summed E-state index contributed by atoms with van der Waals surface area (Å²) in [6, 6.07) is 10.8. The number of hydrogen-bond donors (Lipinski definition) is 2. The van der Waals surface area contributed by atoms with Gasteiger partial charge in [0.05, 0.1) is 25.8 Å². The monoisotopic (exact) mass is 408 g/mol. The van der Waals surface area contributed by atoms with Gasteiger partial charge in [0, 0.05) is 12.2 Å². The van der Waals surface area contributed by atoms with E-state index in [1.165, 1.54) is 0 Å². The normalized spacial score (nSPS) is 10.1. The van der Waals surface area contributed by atoms with Gasteiger partial charge >= 0.3 is 6.03 Å². The van der Waals surface area contributed by atoms with Crippen molar-refractivity contribution < 1.29 is 19.0 Å². The number of urea groups is 1. The summed E-state index contributed by atoms with van der Waals surface area (Å²) in [6.45, 7) is 0.499. The van der Waals surface area contributed by atoms with Crippen LogP contribution in [0.25, 0.3) is 0 Å². The topological polar surface area (TPSA) is 68.8 Å². The van der Waals surface area contributed by atoms with Crippen LogP contribution < -0.4 is 24.8 Å². The summed E-state index contributed by atoms with van der Waals surface area (Å²) in [6.07, 6.45) is 0.681. The minimum absolute atomic E-state index is 0.266. The van der Waals surface area contributed by atoms with Crippen molar-refractivity contribution >= 4 is 27.6 Å². The van der Waals surface area contributed by atoms with Crippen LogP contribution in [0.1, 0.15) is 5.56 Å². The molecule has 0 heterocycles. The number of ether oxygens (including phenoxy) is 3. The van der Waals surface area contributed by atoms with Crippen LogP contribution in [0.2, 0.25) is 0 Å². The first-order valence-electron chi connectivity index (χ1n) is 7.66. The van der Waals surface area contributed by atoms with Gasteiger partial charge < -0.3 is 24.8 Å². The molecular weight excluding hydrogens is 388 g/mol. The zero-order valence-electron chi connectivity index (χ0n) is 14.4. The molecule has 0 radical (unpaired) electrons. The molecule has 0 aliphatic carbocycles. The summed E-state index contributed by atoms with van der Waals surface area (Å²) in [4.78, 5) is 12.0. The van der Waals surface area contributed by atoms with Gasteiger partial charge in [-0.05, 0) is 58.2 Å². The molecule has 6 nitrogen and oxygen atoms in total. The van der Waals surface area contributed by atoms with Crippen LogP contribution in [0.15, 0.2) is 40.9 Å². The van der Waals surface area contributed by atoms with E-state index in [1.807, 2.05) is 18.2 Å². The predicted molar refractivity (Wildman–Crippen MR) is 101 cm³/mol. The summed E-state index contributed by atoms with van der Waals surface area (Å²) in [5.74, 6) is 2.06. The zero-order valence-corrected chi connectivity index (χ0v) is 16.0. The van der Waals surface area contributed by atoms with E-state index in [-0.39, 0.29) is 6.03 Å². The molecule has 0 saturated carbocycles. The molecular formula is C18H21BrN2O4. The highest BCUT2D eigenvalue weighted by Gasteiger charge is 2.07. The van der Waals surface area contributed by atoms with Crippen LogP contribution in [-0.2, 0) is 6.42 Å². The number of nitrogens with one attached hydrogen (secondary N) is 2. The number of carbonyl (C=O) groups is 1. The second kappa shape index (κ2) is 9.17. The first-order valence-corrected chi connectivity index (χ1v) is 8.46. The maximum absolute atomic E-state index is 12.0. The Balaban J connectivity index is 1.85. The number of methoxy groups -OCH3 is 3. The van der Waals surface area contributed by atoms with Crippen LogP contribution in [0.4, 0.5) is 10.5 Å². The second-order valence-electron chi connectivity index (χ2n) is 5.17. The van der Waals surface area contributed by atoms with Gasteiger partial charge in [0.2, 0.25) is 0 Å². The Labute approximate surface area is 155 Å². The van der Waals surface area contributed by atoms with Gasteiger partial charge in [-0.15, -0.1) is 0 Å². The summed E-state index contributed by atoms with van der Waals surface area (Å²) in [7, 11) is 4.79. The van der Waals surface area contributed by atoms with E-state index in [9.17, 15) is 4.79 Å². The highest BCUT2D eigenvalue weighted by molar-refractivity contribution is 9.10. The van der Waals surface area contributed by atoms with Crippen molar-refractivity contribution in [3.05, 3.63) is 46.4 Å². The number of rotatable bonds is 7. The molecule has 0 bridgehead atoms. The van der Waals surface area contributed by atoms with Gasteiger partial charge in [-0.2, -0.15) is 0 Å². The van der Waals surface area contributed by atoms with E-state index in [4.69, 9.17) is 14.2 Å². The molecule has 2 N–H and O–H groups in total. The van der Waals surface area contributed by atoms with E-state index in [1.54, 1.807) is 39.5 Å². The number of benzene rings is 2. The summed E-state index contributed by atoms with van der Waals surface area (Å²) in [5, 5.41) is 5.61. The molecule has 2 amide bonds. The van der Waals surface area contributed by atoms with Crippen LogP contribution in [-0.4, -0.2) is 33.9 Å². The Hall–Kier alpha value is -2.41. The molecule has 0 fully saturated rings. The van der Waals surface area contributed by atoms with Crippen LogP contribution in [0.3, 0.4) is 0 Å². The summed E-state index contributed by atoms with van der Waals surface area (Å²) in [5.41, 5.74) is 1.72. The SMILES string of the molecule is COc1ccc(NC(=O)NCCc2ccc(OC)c(OC)c2)cc1Br. The van der Waals surface area contributed by atoms with Crippen molar-refractivity contribution in [2.75, 3.05) is 33.2 Å². The lowest BCUT2D eigenvalue weighted by molar-refractivity contribution is 0.252. The third kappa shape index (κ3) is 5.29. The van der Waals surface area contributed by atoms with Gasteiger partial charge in [-0.1, -0.05) is 6.07 Å². The van der Waals surface area contributed by atoms with Gasteiger partial charge in [-0.3, -0.25) is 0 Å². The Bertz CT molecular complexity index is 737. The number of hydrogen-bond acceptors (Lipinski definition) is 4. The number of halogens is 1. The summed E-state index contributed by atoms with van der Waals surface area (Å²) < 4.78 is 16.4. The van der Waals surface area contributed by atoms with Crippen molar-refractivity contribution in [1.82, 2.24) is 5.32 Å². The van der Waals surface area contributed by atoms with Crippen LogP contribution >= 0.6 is 15.9 Å². The molecule has 0 unspecified atom stereocenters. The average Bonchev–Trinajstić information content (AvgIpc) is 2.61. The van der Waals surface area contributed by atoms with E-state index >= 15 is 0 Å². The highest BCUT2D eigenvalue weighted by Crippen LogP contribution is 2.28. The molecule has 0 saturated heterocycles. The molecule has 7 heteroatoms. The van der Waals surface area contributed by atoms with E-state index < -0.39 is 0 Å². The standard InChI is InChI=1S/C18H21BrN2O4/c1-23-15-7-5-13(11-14(15)19)21-18(22)20-9-8-12-4-6-16(24-2)17(10-12)25-3/h4-7,10-11H,8-9H2,1-3H3,(H2,20,21,22). The zero-order chi connectivity index (χ0) is 18.2. The average molecular weight is 409 g/mol. The minimum atomic E-state index is -0.266. The fourth-order valence-electron chi connectivity index (χ4n) is 2.28. The Morgan fingerprint density at radius 2 is 1.64 bits per heavy atom. The quantitative estimate of drug-likeness (QED) is 0.729. The smallest absolute Gasteiger partial charge is 0.319 e. The number of amides is 2. The number of carbonyl (C=O) groups excluding carboxylic acids is 1. The molecule has 0 aromatic heterocycles. The van der Waals surface area contributed by atoms with Crippen molar-refractivity contribution in [2.45, 2.75) is 6.42 Å². The molecule has 134 valence electrons. The lowest BCUT2D eigenvalue weighted by atomic mass is 10.1. The fraction of sp³-hybridized carbons (Fsp3) is 0.278. The molecule has 2 aromatic rings. The molecule has 2 aromatic carbocycles. The van der Waals surface area contributed by atoms with Gasteiger partial charge in [0.25, 0.3) is 0 Å². The van der Waals surface area contributed by atoms with Gasteiger partial charge in [0.15, 0.2) is 11.5 Å². The van der Waals surface area contributed by atoms with E-state index in [2.05, 4.69) is 26.6 Å². The molecule has 0 atom stereocenters. The highest BCUT2D eigenvalue weighted by atomic mass is 79.9. The lowest BCUT2D eigenvalue weighted by Gasteiger charge is -2.11. The third-order valence-electron chi connectivity index (χ3n) is 3.56. The molecule has 0 aliphatic heterocycles. The fourth-order valence-corrected chi connectivity index (χ4v) is 2.82.